The largest absolute Gasteiger partial charge is 0.494 e. The Labute approximate surface area is 135 Å². The highest BCUT2D eigenvalue weighted by atomic mass is 19.1. The molecule has 0 saturated heterocycles. The second-order valence-electron chi connectivity index (χ2n) is 6.52. The van der Waals surface area contributed by atoms with E-state index in [9.17, 15) is 4.39 Å². The molecule has 23 heavy (non-hydrogen) atoms. The van der Waals surface area contributed by atoms with Gasteiger partial charge in [0.1, 0.15) is 11.6 Å². The molecular weight excluding hydrogens is 295 g/mol. The highest BCUT2D eigenvalue weighted by Gasteiger charge is 2.29. The van der Waals surface area contributed by atoms with Gasteiger partial charge in [0, 0.05) is 26.1 Å². The number of ether oxygens (including phenoxy) is 1. The standard InChI is InChI=1S/C17H21FN4O/c1-21-16(19-20-17(21)11-3-4-11)10-22-6-5-12-8-15(23-2)14(18)7-13(12)9-22/h7-8,11H,3-6,9-10H2,1-2H3. The number of hydrogen-bond donors (Lipinski definition) is 0. The predicted octanol–water partition coefficient (Wildman–Crippen LogP) is 2.40. The number of halogens is 1. The van der Waals surface area contributed by atoms with Crippen LogP contribution in [-0.4, -0.2) is 33.3 Å². The van der Waals surface area contributed by atoms with Crippen LogP contribution in [0.25, 0.3) is 0 Å². The van der Waals surface area contributed by atoms with Gasteiger partial charge in [-0.1, -0.05) is 0 Å². The Morgan fingerprint density at radius 3 is 2.83 bits per heavy atom. The monoisotopic (exact) mass is 316 g/mol. The summed E-state index contributed by atoms with van der Waals surface area (Å²) in [6.45, 7) is 2.43. The predicted molar refractivity (Wildman–Crippen MR) is 83.7 cm³/mol. The van der Waals surface area contributed by atoms with Crippen molar-refractivity contribution in [3.63, 3.8) is 0 Å². The fraction of sp³-hybridized carbons (Fsp3) is 0.529. The topological polar surface area (TPSA) is 43.2 Å². The molecule has 122 valence electrons. The van der Waals surface area contributed by atoms with Gasteiger partial charge in [-0.15, -0.1) is 10.2 Å². The highest BCUT2D eigenvalue weighted by Crippen LogP contribution is 2.38. The Bertz CT molecular complexity index is 738. The van der Waals surface area contributed by atoms with Crippen LogP contribution in [0, 0.1) is 5.82 Å². The quantitative estimate of drug-likeness (QED) is 0.869. The summed E-state index contributed by atoms with van der Waals surface area (Å²) in [5.41, 5.74) is 2.22. The number of fused-ring (bicyclic) bond motifs is 1. The average molecular weight is 316 g/mol. The van der Waals surface area contributed by atoms with Crippen molar-refractivity contribution in [1.29, 1.82) is 0 Å². The first-order valence-corrected chi connectivity index (χ1v) is 8.11. The van der Waals surface area contributed by atoms with E-state index in [1.807, 2.05) is 13.1 Å². The van der Waals surface area contributed by atoms with E-state index < -0.39 is 0 Å². The summed E-state index contributed by atoms with van der Waals surface area (Å²) in [5, 5.41) is 8.68. The molecule has 0 spiro atoms. The average Bonchev–Trinajstić information content (AvgIpc) is 3.32. The van der Waals surface area contributed by atoms with Crippen molar-refractivity contribution in [2.75, 3.05) is 13.7 Å². The van der Waals surface area contributed by atoms with Gasteiger partial charge in [-0.05, 0) is 42.5 Å². The molecular formula is C17H21FN4O. The molecule has 1 saturated carbocycles. The first-order chi connectivity index (χ1) is 11.2. The Balaban J connectivity index is 1.51. The molecule has 0 radical (unpaired) electrons. The Hall–Kier alpha value is -1.95. The van der Waals surface area contributed by atoms with Crippen molar-refractivity contribution in [3.8, 4) is 5.75 Å². The van der Waals surface area contributed by atoms with E-state index in [-0.39, 0.29) is 5.82 Å². The van der Waals surface area contributed by atoms with Crippen LogP contribution in [-0.2, 0) is 26.6 Å². The van der Waals surface area contributed by atoms with E-state index in [0.717, 1.165) is 43.3 Å². The van der Waals surface area contributed by atoms with Crippen molar-refractivity contribution in [1.82, 2.24) is 19.7 Å². The summed E-state index contributed by atoms with van der Waals surface area (Å²) < 4.78 is 21.1. The summed E-state index contributed by atoms with van der Waals surface area (Å²) in [6, 6.07) is 3.43. The Kier molecular flexibility index (Phi) is 3.56. The lowest BCUT2D eigenvalue weighted by atomic mass is 9.99. The second-order valence-corrected chi connectivity index (χ2v) is 6.52. The third-order valence-electron chi connectivity index (χ3n) is 4.87. The van der Waals surface area contributed by atoms with E-state index in [4.69, 9.17) is 4.74 Å². The summed E-state index contributed by atoms with van der Waals surface area (Å²) in [4.78, 5) is 2.30. The van der Waals surface area contributed by atoms with Gasteiger partial charge in [0.25, 0.3) is 0 Å². The SMILES string of the molecule is COc1cc2c(cc1F)CN(Cc1nnc(C3CC3)n1C)CC2. The molecule has 2 aliphatic rings. The third kappa shape index (κ3) is 2.72. The zero-order chi connectivity index (χ0) is 16.0. The van der Waals surface area contributed by atoms with Crippen molar-refractivity contribution < 1.29 is 9.13 Å². The normalized spacial score (nSPS) is 18.0. The molecule has 0 amide bonds. The minimum Gasteiger partial charge on any atom is -0.494 e. The van der Waals surface area contributed by atoms with Gasteiger partial charge in [-0.3, -0.25) is 4.90 Å². The van der Waals surface area contributed by atoms with Gasteiger partial charge in [-0.2, -0.15) is 0 Å². The van der Waals surface area contributed by atoms with Crippen LogP contribution >= 0.6 is 0 Å². The molecule has 2 aromatic rings. The van der Waals surface area contributed by atoms with Gasteiger partial charge in [-0.25, -0.2) is 4.39 Å². The molecule has 6 heteroatoms. The van der Waals surface area contributed by atoms with Crippen LogP contribution in [0.2, 0.25) is 0 Å². The molecule has 0 N–H and O–H groups in total. The van der Waals surface area contributed by atoms with E-state index >= 15 is 0 Å². The van der Waals surface area contributed by atoms with Crippen molar-refractivity contribution in [2.45, 2.75) is 38.3 Å². The third-order valence-corrected chi connectivity index (χ3v) is 4.87. The number of hydrogen-bond acceptors (Lipinski definition) is 4. The Morgan fingerprint density at radius 2 is 2.09 bits per heavy atom. The summed E-state index contributed by atoms with van der Waals surface area (Å²) >= 11 is 0. The zero-order valence-electron chi connectivity index (χ0n) is 13.5. The minimum absolute atomic E-state index is 0.289. The smallest absolute Gasteiger partial charge is 0.165 e. The van der Waals surface area contributed by atoms with Crippen LogP contribution in [0.3, 0.4) is 0 Å². The lowest BCUT2D eigenvalue weighted by Gasteiger charge is -2.28. The molecule has 0 bridgehead atoms. The lowest BCUT2D eigenvalue weighted by molar-refractivity contribution is 0.235. The van der Waals surface area contributed by atoms with Crippen LogP contribution in [0.4, 0.5) is 4.39 Å². The van der Waals surface area contributed by atoms with Crippen LogP contribution in [0.1, 0.15) is 41.5 Å². The Morgan fingerprint density at radius 1 is 1.26 bits per heavy atom. The number of aromatic nitrogens is 3. The minimum atomic E-state index is -0.289. The van der Waals surface area contributed by atoms with Crippen LogP contribution in [0.15, 0.2) is 12.1 Å². The molecule has 0 atom stereocenters. The summed E-state index contributed by atoms with van der Waals surface area (Å²) in [7, 11) is 3.55. The molecule has 1 aromatic carbocycles. The molecule has 4 rings (SSSR count). The zero-order valence-corrected chi connectivity index (χ0v) is 13.5. The number of methoxy groups -OCH3 is 1. The fourth-order valence-electron chi connectivity index (χ4n) is 3.32. The summed E-state index contributed by atoms with van der Waals surface area (Å²) in [5.74, 6) is 2.74. The molecule has 1 fully saturated rings. The number of rotatable bonds is 4. The van der Waals surface area contributed by atoms with Crippen LogP contribution < -0.4 is 4.74 Å². The highest BCUT2D eigenvalue weighted by molar-refractivity contribution is 5.38. The van der Waals surface area contributed by atoms with E-state index in [1.165, 1.54) is 25.5 Å². The maximum atomic E-state index is 13.9. The fourth-order valence-corrected chi connectivity index (χ4v) is 3.32. The lowest BCUT2D eigenvalue weighted by Crippen LogP contribution is -2.31. The van der Waals surface area contributed by atoms with Crippen molar-refractivity contribution in [3.05, 3.63) is 40.7 Å². The molecule has 0 unspecified atom stereocenters. The van der Waals surface area contributed by atoms with Crippen molar-refractivity contribution >= 4 is 0 Å². The van der Waals surface area contributed by atoms with E-state index in [1.54, 1.807) is 6.07 Å². The van der Waals surface area contributed by atoms with Gasteiger partial charge in [0.15, 0.2) is 11.6 Å². The van der Waals surface area contributed by atoms with Crippen molar-refractivity contribution in [2.24, 2.45) is 7.05 Å². The maximum absolute atomic E-state index is 13.9. The van der Waals surface area contributed by atoms with Gasteiger partial charge in [0.2, 0.25) is 0 Å². The molecule has 1 aliphatic heterocycles. The van der Waals surface area contributed by atoms with Gasteiger partial charge in [0.05, 0.1) is 13.7 Å². The second kappa shape index (κ2) is 5.60. The van der Waals surface area contributed by atoms with Crippen LogP contribution in [0.5, 0.6) is 5.75 Å². The van der Waals surface area contributed by atoms with E-state index in [2.05, 4.69) is 19.7 Å². The van der Waals surface area contributed by atoms with Gasteiger partial charge >= 0.3 is 0 Å². The summed E-state index contributed by atoms with van der Waals surface area (Å²) in [6.07, 6.45) is 3.35. The molecule has 2 heterocycles. The molecule has 1 aliphatic carbocycles. The molecule has 5 nitrogen and oxygen atoms in total. The van der Waals surface area contributed by atoms with E-state index in [0.29, 0.717) is 11.7 Å². The number of nitrogens with zero attached hydrogens (tertiary/aromatic N) is 4. The maximum Gasteiger partial charge on any atom is 0.165 e. The first-order valence-electron chi connectivity index (χ1n) is 8.11. The first kappa shape index (κ1) is 14.6. The molecule has 1 aromatic heterocycles. The number of benzene rings is 1. The van der Waals surface area contributed by atoms with Gasteiger partial charge < -0.3 is 9.30 Å².